The van der Waals surface area contributed by atoms with Gasteiger partial charge >= 0.3 is 0 Å². The first-order chi connectivity index (χ1) is 14.0. The second kappa shape index (κ2) is 8.76. The van der Waals surface area contributed by atoms with Crippen LogP contribution in [0.1, 0.15) is 47.4 Å². The highest BCUT2D eigenvalue weighted by Crippen LogP contribution is 2.40. The Morgan fingerprint density at radius 1 is 1.17 bits per heavy atom. The van der Waals surface area contributed by atoms with E-state index in [1.807, 2.05) is 12.1 Å². The van der Waals surface area contributed by atoms with Crippen molar-refractivity contribution in [1.29, 1.82) is 0 Å². The van der Waals surface area contributed by atoms with Gasteiger partial charge in [-0.25, -0.2) is 0 Å². The highest BCUT2D eigenvalue weighted by molar-refractivity contribution is 6.31. The molecular formula is C24H29ClN2O2. The Bertz CT molecular complexity index is 888. The quantitative estimate of drug-likeness (QED) is 0.718. The number of ether oxygens (including phenoxy) is 1. The first-order valence-corrected chi connectivity index (χ1v) is 10.9. The van der Waals surface area contributed by atoms with Gasteiger partial charge in [0, 0.05) is 31.7 Å². The van der Waals surface area contributed by atoms with Crippen LogP contribution < -0.4 is 10.1 Å². The summed E-state index contributed by atoms with van der Waals surface area (Å²) >= 11 is 6.49. The Kier molecular flexibility index (Phi) is 6.12. The molecule has 0 spiro atoms. The molecule has 1 heterocycles. The molecule has 0 bridgehead atoms. The summed E-state index contributed by atoms with van der Waals surface area (Å²) in [6.07, 6.45) is 3.82. The van der Waals surface area contributed by atoms with Crippen LogP contribution in [-0.2, 0) is 17.9 Å². The summed E-state index contributed by atoms with van der Waals surface area (Å²) in [6, 6.07) is 12.7. The number of nitrogens with one attached hydrogen (secondary N) is 1. The van der Waals surface area contributed by atoms with Crippen LogP contribution >= 0.6 is 11.6 Å². The molecule has 1 saturated carbocycles. The third kappa shape index (κ3) is 4.59. The van der Waals surface area contributed by atoms with E-state index in [1.54, 1.807) is 7.05 Å². The van der Waals surface area contributed by atoms with Gasteiger partial charge in [-0.05, 0) is 60.1 Å². The zero-order valence-electron chi connectivity index (χ0n) is 17.2. The predicted octanol–water partition coefficient (Wildman–Crippen LogP) is 4.67. The smallest absolute Gasteiger partial charge is 0.225 e. The van der Waals surface area contributed by atoms with Crippen LogP contribution in [0.25, 0.3) is 0 Å². The van der Waals surface area contributed by atoms with Crippen molar-refractivity contribution in [3.8, 4) is 5.75 Å². The highest BCUT2D eigenvalue weighted by atomic mass is 35.5. The number of nitrogens with zero attached hydrogens (tertiary/aromatic N) is 1. The van der Waals surface area contributed by atoms with E-state index in [1.165, 1.54) is 30.4 Å². The van der Waals surface area contributed by atoms with Crippen LogP contribution in [0, 0.1) is 12.8 Å². The fourth-order valence-electron chi connectivity index (χ4n) is 4.17. The Balaban J connectivity index is 1.31. The molecule has 1 aliphatic carbocycles. The predicted molar refractivity (Wildman–Crippen MR) is 116 cm³/mol. The molecule has 1 saturated heterocycles. The second-order valence-corrected chi connectivity index (χ2v) is 8.78. The lowest BCUT2D eigenvalue weighted by Crippen LogP contribution is -2.52. The maximum atomic E-state index is 11.6. The summed E-state index contributed by atoms with van der Waals surface area (Å²) in [6.45, 7) is 5.12. The number of amides is 1. The lowest BCUT2D eigenvalue weighted by Gasteiger charge is -2.38. The fraction of sp³-hybridized carbons (Fsp3) is 0.458. The van der Waals surface area contributed by atoms with Crippen LogP contribution in [-0.4, -0.2) is 30.9 Å². The number of carbonyl (C=O) groups excluding carboxylic acids is 1. The van der Waals surface area contributed by atoms with Gasteiger partial charge in [0.1, 0.15) is 12.4 Å². The van der Waals surface area contributed by atoms with Crippen LogP contribution in [0.3, 0.4) is 0 Å². The van der Waals surface area contributed by atoms with Gasteiger partial charge in [0.05, 0.1) is 5.92 Å². The van der Waals surface area contributed by atoms with Crippen molar-refractivity contribution in [2.45, 2.75) is 45.3 Å². The van der Waals surface area contributed by atoms with Crippen molar-refractivity contribution in [2.75, 3.05) is 20.1 Å². The van der Waals surface area contributed by atoms with Crippen LogP contribution in [0.2, 0.25) is 5.02 Å². The van der Waals surface area contributed by atoms with Crippen molar-refractivity contribution in [3.05, 3.63) is 63.7 Å². The number of hydrogen-bond acceptors (Lipinski definition) is 3. The van der Waals surface area contributed by atoms with Gasteiger partial charge in [-0.1, -0.05) is 42.3 Å². The molecule has 154 valence electrons. The lowest BCUT2D eigenvalue weighted by atomic mass is 9.80. The summed E-state index contributed by atoms with van der Waals surface area (Å²) in [4.78, 5) is 13.9. The van der Waals surface area contributed by atoms with Gasteiger partial charge in [0.2, 0.25) is 5.91 Å². The number of likely N-dealkylation sites (tertiary alicyclic amines) is 1. The maximum Gasteiger partial charge on any atom is 0.225 e. The average molecular weight is 413 g/mol. The standard InChI is InChI=1S/C24H29ClN2O2/c1-16-10-17(12-27-13-20(14-27)24(28)26-2)7-9-23(16)29-15-18-6-8-21(22(25)11-18)19-4-3-5-19/h6-11,19-20H,3-5,12-15H2,1-2H3,(H,26,28). The summed E-state index contributed by atoms with van der Waals surface area (Å²) in [7, 11) is 1.70. The lowest BCUT2D eigenvalue weighted by molar-refractivity contribution is -0.129. The van der Waals surface area contributed by atoms with E-state index in [0.29, 0.717) is 12.5 Å². The molecule has 2 aliphatic rings. The van der Waals surface area contributed by atoms with Gasteiger partial charge in [0.25, 0.3) is 0 Å². The third-order valence-electron chi connectivity index (χ3n) is 6.22. The van der Waals surface area contributed by atoms with Crippen molar-refractivity contribution < 1.29 is 9.53 Å². The molecule has 0 atom stereocenters. The van der Waals surface area contributed by atoms with E-state index in [9.17, 15) is 4.79 Å². The molecule has 0 aromatic heterocycles. The van der Waals surface area contributed by atoms with Gasteiger partial charge in [-0.2, -0.15) is 0 Å². The first-order valence-electron chi connectivity index (χ1n) is 10.5. The summed E-state index contributed by atoms with van der Waals surface area (Å²) < 4.78 is 6.06. The van der Waals surface area contributed by atoms with E-state index in [4.69, 9.17) is 16.3 Å². The average Bonchev–Trinajstić information content (AvgIpc) is 2.63. The van der Waals surface area contributed by atoms with E-state index < -0.39 is 0 Å². The number of benzene rings is 2. The normalized spacial score (nSPS) is 17.5. The number of aryl methyl sites for hydroxylation is 1. The number of rotatable bonds is 7. The molecule has 1 N–H and O–H groups in total. The van der Waals surface area contributed by atoms with Crippen molar-refractivity contribution in [3.63, 3.8) is 0 Å². The Labute approximate surface area is 178 Å². The molecule has 2 fully saturated rings. The minimum Gasteiger partial charge on any atom is -0.489 e. The van der Waals surface area contributed by atoms with E-state index in [-0.39, 0.29) is 11.8 Å². The minimum atomic E-state index is 0.131. The number of carbonyl (C=O) groups is 1. The minimum absolute atomic E-state index is 0.131. The summed E-state index contributed by atoms with van der Waals surface area (Å²) in [5.74, 6) is 1.82. The summed E-state index contributed by atoms with van der Waals surface area (Å²) in [5, 5.41) is 3.59. The largest absolute Gasteiger partial charge is 0.489 e. The zero-order valence-corrected chi connectivity index (χ0v) is 18.0. The second-order valence-electron chi connectivity index (χ2n) is 8.38. The first kappa shape index (κ1) is 20.2. The van der Waals surface area contributed by atoms with Gasteiger partial charge in [-0.15, -0.1) is 0 Å². The Morgan fingerprint density at radius 2 is 1.93 bits per heavy atom. The zero-order chi connectivity index (χ0) is 20.4. The van der Waals surface area contributed by atoms with Gasteiger partial charge < -0.3 is 10.1 Å². The molecule has 2 aromatic rings. The van der Waals surface area contributed by atoms with Crippen LogP contribution in [0.5, 0.6) is 5.75 Å². The van der Waals surface area contributed by atoms with Crippen LogP contribution in [0.4, 0.5) is 0 Å². The topological polar surface area (TPSA) is 41.6 Å². The molecular weight excluding hydrogens is 384 g/mol. The van der Waals surface area contributed by atoms with Crippen LogP contribution in [0.15, 0.2) is 36.4 Å². The van der Waals surface area contributed by atoms with Gasteiger partial charge in [-0.3, -0.25) is 9.69 Å². The van der Waals surface area contributed by atoms with E-state index >= 15 is 0 Å². The molecule has 1 aliphatic heterocycles. The molecule has 2 aromatic carbocycles. The molecule has 0 unspecified atom stereocenters. The van der Waals surface area contributed by atoms with Crippen molar-refractivity contribution >= 4 is 17.5 Å². The maximum absolute atomic E-state index is 11.6. The Hall–Kier alpha value is -2.04. The number of halogens is 1. The SMILES string of the molecule is CNC(=O)C1CN(Cc2ccc(OCc3ccc(C4CCC4)c(Cl)c3)c(C)c2)C1. The monoisotopic (exact) mass is 412 g/mol. The fourth-order valence-corrected chi connectivity index (χ4v) is 4.53. The van der Waals surface area contributed by atoms with E-state index in [0.717, 1.165) is 41.5 Å². The molecule has 5 heteroatoms. The van der Waals surface area contributed by atoms with E-state index in [2.05, 4.69) is 41.4 Å². The number of hydrogen-bond donors (Lipinski definition) is 1. The van der Waals surface area contributed by atoms with Gasteiger partial charge in [0.15, 0.2) is 0 Å². The summed E-state index contributed by atoms with van der Waals surface area (Å²) in [5.41, 5.74) is 4.76. The third-order valence-corrected chi connectivity index (χ3v) is 6.55. The molecule has 0 radical (unpaired) electrons. The highest BCUT2D eigenvalue weighted by Gasteiger charge is 2.31. The Morgan fingerprint density at radius 3 is 2.55 bits per heavy atom. The molecule has 4 nitrogen and oxygen atoms in total. The van der Waals surface area contributed by atoms with Crippen molar-refractivity contribution in [2.24, 2.45) is 5.92 Å². The molecule has 4 rings (SSSR count). The van der Waals surface area contributed by atoms with Crippen molar-refractivity contribution in [1.82, 2.24) is 10.2 Å². The molecule has 1 amide bonds. The molecule has 29 heavy (non-hydrogen) atoms.